The van der Waals surface area contributed by atoms with Crippen LogP contribution in [0.4, 0.5) is 0 Å². The predicted octanol–water partition coefficient (Wildman–Crippen LogP) is 3.29. The van der Waals surface area contributed by atoms with Crippen molar-refractivity contribution in [2.75, 3.05) is 23.0 Å². The molecule has 2 nitrogen and oxygen atoms in total. The van der Waals surface area contributed by atoms with Crippen LogP contribution in [-0.4, -0.2) is 44.4 Å². The normalized spacial score (nSPS) is 12.9. The molecule has 0 aliphatic rings. The first kappa shape index (κ1) is 21.3. The van der Waals surface area contributed by atoms with Crippen LogP contribution < -0.4 is 0 Å². The van der Waals surface area contributed by atoms with Gasteiger partial charge in [0.05, 0.1) is 11.2 Å². The van der Waals surface area contributed by atoms with E-state index in [0.29, 0.717) is 25.7 Å². The van der Waals surface area contributed by atoms with E-state index in [1.54, 1.807) is 0 Å². The zero-order valence-corrected chi connectivity index (χ0v) is 15.7. The van der Waals surface area contributed by atoms with Crippen LogP contribution >= 0.6 is 50.5 Å². The van der Waals surface area contributed by atoms with Crippen LogP contribution in [0, 0.1) is 0 Å². The van der Waals surface area contributed by atoms with E-state index in [2.05, 4.69) is 50.5 Å². The molecule has 0 radical (unpaired) electrons. The second kappa shape index (κ2) is 11.8. The van der Waals surface area contributed by atoms with Gasteiger partial charge in [-0.1, -0.05) is 0 Å². The molecule has 0 bridgehead atoms. The lowest BCUT2D eigenvalue weighted by atomic mass is 9.72. The van der Waals surface area contributed by atoms with Crippen molar-refractivity contribution in [2.45, 2.75) is 62.6 Å². The Kier molecular flexibility index (Phi) is 12.6. The lowest BCUT2D eigenvalue weighted by molar-refractivity contribution is -0.168. The summed E-state index contributed by atoms with van der Waals surface area (Å²) in [5, 5.41) is 22.2. The number of rotatable bonds is 13. The van der Waals surface area contributed by atoms with Gasteiger partial charge in [-0.25, -0.2) is 0 Å². The number of hydrogen-bond acceptors (Lipinski definition) is 6. The van der Waals surface area contributed by atoms with Crippen LogP contribution in [0.2, 0.25) is 0 Å². The summed E-state index contributed by atoms with van der Waals surface area (Å²) in [6.45, 7) is 0. The summed E-state index contributed by atoms with van der Waals surface area (Å²) >= 11 is 16.9. The molecular weight excluding hydrogens is 328 g/mol. The second-order valence-electron chi connectivity index (χ2n) is 5.37. The number of thiol groups is 4. The minimum Gasteiger partial charge on any atom is -0.387 e. The average molecular weight is 359 g/mol. The smallest absolute Gasteiger partial charge is 0.0934 e. The van der Waals surface area contributed by atoms with Crippen molar-refractivity contribution in [3.05, 3.63) is 0 Å². The van der Waals surface area contributed by atoms with Crippen molar-refractivity contribution in [1.82, 2.24) is 0 Å². The summed E-state index contributed by atoms with van der Waals surface area (Å²) in [7, 11) is 0. The molecule has 0 saturated heterocycles. The molecular formula is C14H30O2S4. The van der Waals surface area contributed by atoms with Gasteiger partial charge in [-0.2, -0.15) is 50.5 Å². The maximum atomic E-state index is 11.1. The standard InChI is InChI=1S/C14H30O2S4/c15-13(5-1-9-17,6-2-10-18)14(16,7-3-11-19)8-4-12-20/h15-20H,1-12H2. The fourth-order valence-electron chi connectivity index (χ4n) is 2.67. The zero-order valence-electron chi connectivity index (χ0n) is 12.2. The molecule has 0 rings (SSSR count). The Labute approximate surface area is 146 Å². The van der Waals surface area contributed by atoms with Crippen LogP contribution in [0.25, 0.3) is 0 Å². The second-order valence-corrected chi connectivity index (χ2v) is 7.16. The Hall–Kier alpha value is 1.32. The Morgan fingerprint density at radius 3 is 0.850 bits per heavy atom. The first-order chi connectivity index (χ1) is 9.49. The SMILES string of the molecule is OC(CCCS)(CCCS)C(O)(CCCS)CCCS. The van der Waals surface area contributed by atoms with Crippen molar-refractivity contribution < 1.29 is 10.2 Å². The fraction of sp³-hybridized carbons (Fsp3) is 1.00. The van der Waals surface area contributed by atoms with Crippen LogP contribution in [0.5, 0.6) is 0 Å². The molecule has 0 aromatic rings. The predicted molar refractivity (Wildman–Crippen MR) is 102 cm³/mol. The molecule has 0 aromatic heterocycles. The Morgan fingerprint density at radius 1 is 0.500 bits per heavy atom. The molecule has 0 atom stereocenters. The highest BCUT2D eigenvalue weighted by molar-refractivity contribution is 7.80. The third-order valence-electron chi connectivity index (χ3n) is 3.86. The monoisotopic (exact) mass is 358 g/mol. The van der Waals surface area contributed by atoms with E-state index in [4.69, 9.17) is 0 Å². The van der Waals surface area contributed by atoms with E-state index in [-0.39, 0.29) is 0 Å². The van der Waals surface area contributed by atoms with Gasteiger partial charge in [0.2, 0.25) is 0 Å². The van der Waals surface area contributed by atoms with Crippen molar-refractivity contribution >= 4 is 50.5 Å². The molecule has 0 heterocycles. The van der Waals surface area contributed by atoms with Gasteiger partial charge >= 0.3 is 0 Å². The number of hydrogen-bond donors (Lipinski definition) is 6. The van der Waals surface area contributed by atoms with E-state index in [9.17, 15) is 10.2 Å². The molecule has 6 heteroatoms. The van der Waals surface area contributed by atoms with Gasteiger partial charge in [-0.3, -0.25) is 0 Å². The van der Waals surface area contributed by atoms with Crippen molar-refractivity contribution in [3.8, 4) is 0 Å². The molecule has 0 fully saturated rings. The maximum absolute atomic E-state index is 11.1. The molecule has 0 aliphatic heterocycles. The maximum Gasteiger partial charge on any atom is 0.0934 e. The van der Waals surface area contributed by atoms with Crippen molar-refractivity contribution in [2.24, 2.45) is 0 Å². The van der Waals surface area contributed by atoms with Gasteiger partial charge in [0.1, 0.15) is 0 Å². The minimum absolute atomic E-state index is 0.583. The van der Waals surface area contributed by atoms with Gasteiger partial charge in [-0.15, -0.1) is 0 Å². The molecule has 122 valence electrons. The summed E-state index contributed by atoms with van der Waals surface area (Å²) in [4.78, 5) is 0. The summed E-state index contributed by atoms with van der Waals surface area (Å²) in [6.07, 6.45) is 5.54. The van der Waals surface area contributed by atoms with Crippen LogP contribution in [0.3, 0.4) is 0 Å². The summed E-state index contributed by atoms with van der Waals surface area (Å²) in [5.74, 6) is 2.88. The van der Waals surface area contributed by atoms with Gasteiger partial charge in [0, 0.05) is 0 Å². The largest absolute Gasteiger partial charge is 0.387 e. The third-order valence-corrected chi connectivity index (χ3v) is 5.13. The van der Waals surface area contributed by atoms with E-state index in [0.717, 1.165) is 48.7 Å². The highest BCUT2D eigenvalue weighted by Crippen LogP contribution is 2.39. The molecule has 2 N–H and O–H groups in total. The highest BCUT2D eigenvalue weighted by atomic mass is 32.1. The Bertz CT molecular complexity index is 199. The van der Waals surface area contributed by atoms with E-state index in [1.807, 2.05) is 0 Å². The third kappa shape index (κ3) is 7.05. The number of aliphatic hydroxyl groups is 2. The molecule has 0 unspecified atom stereocenters. The molecule has 0 saturated carbocycles. The van der Waals surface area contributed by atoms with Crippen molar-refractivity contribution in [3.63, 3.8) is 0 Å². The average Bonchev–Trinajstić information content (AvgIpc) is 2.46. The van der Waals surface area contributed by atoms with Gasteiger partial charge in [0.15, 0.2) is 0 Å². The summed E-state index contributed by atoms with van der Waals surface area (Å²) in [6, 6.07) is 0. The summed E-state index contributed by atoms with van der Waals surface area (Å²) in [5.41, 5.74) is -2.10. The lowest BCUT2D eigenvalue weighted by Gasteiger charge is -2.44. The zero-order chi connectivity index (χ0) is 15.5. The molecule has 20 heavy (non-hydrogen) atoms. The van der Waals surface area contributed by atoms with Gasteiger partial charge in [-0.05, 0) is 74.4 Å². The van der Waals surface area contributed by atoms with E-state index in [1.165, 1.54) is 0 Å². The Morgan fingerprint density at radius 2 is 0.700 bits per heavy atom. The lowest BCUT2D eigenvalue weighted by Crippen LogP contribution is -2.54. The fourth-order valence-corrected chi connectivity index (χ4v) is 3.30. The van der Waals surface area contributed by atoms with E-state index < -0.39 is 11.2 Å². The van der Waals surface area contributed by atoms with Crippen molar-refractivity contribution in [1.29, 1.82) is 0 Å². The first-order valence-corrected chi connectivity index (χ1v) is 9.91. The van der Waals surface area contributed by atoms with Crippen LogP contribution in [-0.2, 0) is 0 Å². The topological polar surface area (TPSA) is 40.5 Å². The first-order valence-electron chi connectivity index (χ1n) is 7.38. The van der Waals surface area contributed by atoms with Crippen LogP contribution in [0.15, 0.2) is 0 Å². The van der Waals surface area contributed by atoms with Gasteiger partial charge in [0.25, 0.3) is 0 Å². The molecule has 0 amide bonds. The highest BCUT2D eigenvalue weighted by Gasteiger charge is 2.46. The molecule has 0 spiro atoms. The molecule has 0 aliphatic carbocycles. The molecule has 0 aromatic carbocycles. The van der Waals surface area contributed by atoms with Gasteiger partial charge < -0.3 is 10.2 Å². The van der Waals surface area contributed by atoms with E-state index >= 15 is 0 Å². The Balaban J connectivity index is 5.02. The summed E-state index contributed by atoms with van der Waals surface area (Å²) < 4.78 is 0. The quantitative estimate of drug-likeness (QED) is 0.286. The minimum atomic E-state index is -1.05. The van der Waals surface area contributed by atoms with Crippen LogP contribution in [0.1, 0.15) is 51.4 Å².